The van der Waals surface area contributed by atoms with Gasteiger partial charge in [0.25, 0.3) is 15.9 Å². The number of morpholine rings is 1. The molecular weight excluding hydrogens is 416 g/mol. The average Bonchev–Trinajstić information content (AvgIpc) is 2.70. The first-order valence-electron chi connectivity index (χ1n) is 9.11. The fourth-order valence-corrected chi connectivity index (χ4v) is 4.36. The summed E-state index contributed by atoms with van der Waals surface area (Å²) in [7, 11) is -4.12. The molecule has 9 heteroatoms. The van der Waals surface area contributed by atoms with Crippen molar-refractivity contribution in [3.8, 4) is 0 Å². The molecule has 2 aromatic rings. The van der Waals surface area contributed by atoms with Crippen LogP contribution >= 0.6 is 11.6 Å². The predicted molar refractivity (Wildman–Crippen MR) is 108 cm³/mol. The van der Waals surface area contributed by atoms with E-state index in [2.05, 4.69) is 4.72 Å². The summed E-state index contributed by atoms with van der Waals surface area (Å²) in [6, 6.07) is 13.7. The summed E-state index contributed by atoms with van der Waals surface area (Å²) in [5.74, 6) is -1.08. The van der Waals surface area contributed by atoms with Crippen molar-refractivity contribution >= 4 is 33.4 Å². The first kappa shape index (κ1) is 21.3. The maximum atomic E-state index is 12.9. The minimum atomic E-state index is -4.12. The molecule has 1 saturated heterocycles. The third kappa shape index (κ3) is 4.77. The lowest BCUT2D eigenvalue weighted by Gasteiger charge is -2.40. The van der Waals surface area contributed by atoms with Crippen molar-refractivity contribution in [2.75, 3.05) is 13.2 Å². The molecule has 0 aliphatic carbocycles. The van der Waals surface area contributed by atoms with Crippen LogP contribution in [0.3, 0.4) is 0 Å². The Morgan fingerprint density at radius 1 is 1.17 bits per heavy atom. The Morgan fingerprint density at radius 3 is 2.45 bits per heavy atom. The minimum Gasteiger partial charge on any atom is -0.356 e. The molecule has 29 heavy (non-hydrogen) atoms. The Kier molecular flexibility index (Phi) is 6.56. The molecule has 0 unspecified atom stereocenters. The molecule has 3 rings (SSSR count). The van der Waals surface area contributed by atoms with E-state index in [4.69, 9.17) is 16.3 Å². The highest BCUT2D eigenvalue weighted by Crippen LogP contribution is 2.31. The highest BCUT2D eigenvalue weighted by molar-refractivity contribution is 7.90. The van der Waals surface area contributed by atoms with Crippen molar-refractivity contribution in [2.24, 2.45) is 0 Å². The number of sulfonamides is 1. The molecule has 0 bridgehead atoms. The number of halogens is 1. The highest BCUT2D eigenvalue weighted by atomic mass is 35.5. The van der Waals surface area contributed by atoms with E-state index in [-0.39, 0.29) is 17.4 Å². The summed E-state index contributed by atoms with van der Waals surface area (Å²) in [4.78, 5) is 26.8. The van der Waals surface area contributed by atoms with Crippen LogP contribution in [0.5, 0.6) is 0 Å². The molecule has 1 heterocycles. The number of ether oxygens (including phenoxy) is 1. The zero-order chi connectivity index (χ0) is 21.0. The molecule has 2 amide bonds. The lowest BCUT2D eigenvalue weighted by molar-refractivity contribution is -0.163. The molecular formula is C20H21ClN2O5S. The molecule has 1 N–H and O–H groups in total. The van der Waals surface area contributed by atoms with Gasteiger partial charge >= 0.3 is 0 Å². The zero-order valence-corrected chi connectivity index (χ0v) is 17.3. The summed E-state index contributed by atoms with van der Waals surface area (Å²) >= 11 is 5.80. The molecule has 1 fully saturated rings. The normalized spacial score (nSPS) is 19.8. The van der Waals surface area contributed by atoms with Gasteiger partial charge < -0.3 is 9.64 Å². The van der Waals surface area contributed by atoms with Gasteiger partial charge in [0.2, 0.25) is 5.91 Å². The number of nitrogens with one attached hydrogen (secondary N) is 1. The quantitative estimate of drug-likeness (QED) is 0.751. The van der Waals surface area contributed by atoms with Gasteiger partial charge in [0, 0.05) is 11.6 Å². The molecule has 2 aromatic carbocycles. The van der Waals surface area contributed by atoms with Crippen LogP contribution in [-0.4, -0.2) is 44.4 Å². The summed E-state index contributed by atoms with van der Waals surface area (Å²) in [6.07, 6.45) is -0.476. The number of carbonyl (C=O) groups excluding carboxylic acids is 2. The minimum absolute atomic E-state index is 0.0937. The Labute approximate surface area is 174 Å². The Morgan fingerprint density at radius 2 is 1.83 bits per heavy atom. The van der Waals surface area contributed by atoms with E-state index in [9.17, 15) is 18.0 Å². The molecule has 154 valence electrons. The van der Waals surface area contributed by atoms with Crippen molar-refractivity contribution < 1.29 is 22.7 Å². The second-order valence-corrected chi connectivity index (χ2v) is 8.72. The van der Waals surface area contributed by atoms with Crippen LogP contribution in [0.15, 0.2) is 59.5 Å². The van der Waals surface area contributed by atoms with Crippen molar-refractivity contribution in [3.63, 3.8) is 0 Å². The maximum absolute atomic E-state index is 12.9. The number of hydrogen-bond acceptors (Lipinski definition) is 5. The first-order chi connectivity index (χ1) is 13.8. The summed E-state index contributed by atoms with van der Waals surface area (Å²) in [5, 5.41) is 0.378. The Balaban J connectivity index is 1.90. The van der Waals surface area contributed by atoms with Gasteiger partial charge in [0.15, 0.2) is 6.10 Å². The van der Waals surface area contributed by atoms with Crippen LogP contribution in [0.4, 0.5) is 0 Å². The second kappa shape index (κ2) is 8.94. The van der Waals surface area contributed by atoms with E-state index in [0.717, 1.165) is 0 Å². The van der Waals surface area contributed by atoms with Crippen molar-refractivity contribution in [1.29, 1.82) is 0 Å². The van der Waals surface area contributed by atoms with Crippen molar-refractivity contribution in [2.45, 2.75) is 30.4 Å². The van der Waals surface area contributed by atoms with Gasteiger partial charge in [-0.15, -0.1) is 0 Å². The van der Waals surface area contributed by atoms with E-state index < -0.39 is 28.1 Å². The molecule has 0 saturated carbocycles. The fraction of sp³-hybridized carbons (Fsp3) is 0.300. The lowest BCUT2D eigenvalue weighted by atomic mass is 9.97. The second-order valence-electron chi connectivity index (χ2n) is 6.60. The van der Waals surface area contributed by atoms with Crippen LogP contribution < -0.4 is 4.72 Å². The molecule has 1 aliphatic rings. The number of benzene rings is 2. The van der Waals surface area contributed by atoms with Crippen molar-refractivity contribution in [3.05, 3.63) is 65.2 Å². The standard InChI is InChI=1S/C20H21ClN2O5S/c1-2-12-23-17(24)13-28-19(18(23)14-6-4-3-5-7-14)20(25)22-29(26,27)16-10-8-15(21)9-11-16/h3-11,18-19H,2,12-13H2,1H3,(H,22,25)/t18-,19-/m1/s1. The van der Waals surface area contributed by atoms with Crippen LogP contribution in [0, 0.1) is 0 Å². The van der Waals surface area contributed by atoms with Crippen LogP contribution in [-0.2, 0) is 24.3 Å². The molecule has 7 nitrogen and oxygen atoms in total. The van der Waals surface area contributed by atoms with E-state index in [1.165, 1.54) is 24.3 Å². The molecule has 1 aliphatic heterocycles. The number of nitrogens with zero attached hydrogens (tertiary/aromatic N) is 1. The zero-order valence-electron chi connectivity index (χ0n) is 15.7. The van der Waals surface area contributed by atoms with Gasteiger partial charge in [-0.1, -0.05) is 48.9 Å². The highest BCUT2D eigenvalue weighted by Gasteiger charge is 2.42. The van der Waals surface area contributed by atoms with Gasteiger partial charge in [-0.05, 0) is 36.2 Å². The van der Waals surface area contributed by atoms with E-state index in [1.807, 2.05) is 13.0 Å². The van der Waals surface area contributed by atoms with Gasteiger partial charge in [0.1, 0.15) is 6.61 Å². The molecule has 0 aromatic heterocycles. The third-order valence-corrected chi connectivity index (χ3v) is 6.17. The summed E-state index contributed by atoms with van der Waals surface area (Å²) in [6.45, 7) is 2.06. The number of carbonyl (C=O) groups is 2. The predicted octanol–water partition coefficient (Wildman–Crippen LogP) is 2.52. The number of rotatable bonds is 6. The third-order valence-electron chi connectivity index (χ3n) is 4.55. The van der Waals surface area contributed by atoms with E-state index in [1.54, 1.807) is 29.2 Å². The van der Waals surface area contributed by atoms with E-state index in [0.29, 0.717) is 23.6 Å². The Bertz CT molecular complexity index is 980. The number of amides is 2. The molecule has 0 radical (unpaired) electrons. The molecule has 0 spiro atoms. The van der Waals surface area contributed by atoms with E-state index >= 15 is 0 Å². The lowest BCUT2D eigenvalue weighted by Crippen LogP contribution is -2.55. The molecule has 2 atom stereocenters. The Hall–Kier alpha value is -2.42. The fourth-order valence-electron chi connectivity index (χ4n) is 3.25. The van der Waals surface area contributed by atoms with Gasteiger partial charge in [-0.25, -0.2) is 13.1 Å². The summed E-state index contributed by atoms with van der Waals surface area (Å²) in [5.41, 5.74) is 0.693. The van der Waals surface area contributed by atoms with Gasteiger partial charge in [0.05, 0.1) is 10.9 Å². The topological polar surface area (TPSA) is 92.8 Å². The van der Waals surface area contributed by atoms with Crippen LogP contribution in [0.1, 0.15) is 24.9 Å². The van der Waals surface area contributed by atoms with Crippen LogP contribution in [0.2, 0.25) is 5.02 Å². The first-order valence-corrected chi connectivity index (χ1v) is 11.0. The number of hydrogen-bond donors (Lipinski definition) is 1. The smallest absolute Gasteiger partial charge is 0.265 e. The van der Waals surface area contributed by atoms with Crippen LogP contribution in [0.25, 0.3) is 0 Å². The SMILES string of the molecule is CCCN1C(=O)CO[C@@H](C(=O)NS(=O)(=O)c2ccc(Cl)cc2)[C@H]1c1ccccc1. The average molecular weight is 437 g/mol. The largest absolute Gasteiger partial charge is 0.356 e. The summed E-state index contributed by atoms with van der Waals surface area (Å²) < 4.78 is 32.8. The maximum Gasteiger partial charge on any atom is 0.265 e. The monoisotopic (exact) mass is 436 g/mol. The van der Waals surface area contributed by atoms with Crippen molar-refractivity contribution in [1.82, 2.24) is 9.62 Å². The van der Waals surface area contributed by atoms with Gasteiger partial charge in [-0.2, -0.15) is 0 Å². The van der Waals surface area contributed by atoms with Gasteiger partial charge in [-0.3, -0.25) is 9.59 Å².